The molecule has 0 aliphatic heterocycles. The van der Waals surface area contributed by atoms with Gasteiger partial charge in [0.25, 0.3) is 15.9 Å². The van der Waals surface area contributed by atoms with Gasteiger partial charge in [-0.1, -0.05) is 42.0 Å². The van der Waals surface area contributed by atoms with E-state index in [1.807, 2.05) is 44.2 Å². The highest BCUT2D eigenvalue weighted by Crippen LogP contribution is 2.22. The Morgan fingerprint density at radius 3 is 2.32 bits per heavy atom. The summed E-state index contributed by atoms with van der Waals surface area (Å²) in [5.41, 5.74) is 2.41. The lowest BCUT2D eigenvalue weighted by molar-refractivity contribution is 0.0926. The fraction of sp³-hybridized carbons (Fsp3) is 0.208. The second kappa shape index (κ2) is 9.66. The molecule has 0 aromatic heterocycles. The molecule has 3 aromatic rings. The summed E-state index contributed by atoms with van der Waals surface area (Å²) in [6.07, 6.45) is 0. The molecule has 0 spiro atoms. The largest absolute Gasteiger partial charge is 0.491 e. The minimum atomic E-state index is -3.76. The zero-order chi connectivity index (χ0) is 22.4. The van der Waals surface area contributed by atoms with E-state index in [9.17, 15) is 13.2 Å². The molecule has 0 bridgehead atoms. The standard InChI is InChI=1S/C24H26N2O4S/c1-17-9-13-22(14-10-17)31(28,29)26-23-15-20(12-11-18(23)2)24(27)25-19(3)16-30-21-7-5-4-6-8-21/h4-15,19,26H,16H2,1-3H3,(H,25,27)/t19-/m1/s1. The summed E-state index contributed by atoms with van der Waals surface area (Å²) < 4.78 is 33.7. The molecule has 1 amide bonds. The van der Waals surface area contributed by atoms with Crippen molar-refractivity contribution in [3.8, 4) is 5.75 Å². The van der Waals surface area contributed by atoms with E-state index in [0.29, 0.717) is 23.4 Å². The number of anilines is 1. The van der Waals surface area contributed by atoms with Crippen molar-refractivity contribution in [2.24, 2.45) is 0 Å². The summed E-state index contributed by atoms with van der Waals surface area (Å²) >= 11 is 0. The van der Waals surface area contributed by atoms with Crippen molar-refractivity contribution in [3.63, 3.8) is 0 Å². The highest BCUT2D eigenvalue weighted by Gasteiger charge is 2.17. The number of sulfonamides is 1. The molecular weight excluding hydrogens is 412 g/mol. The molecule has 0 saturated carbocycles. The van der Waals surface area contributed by atoms with E-state index in [1.165, 1.54) is 0 Å². The van der Waals surface area contributed by atoms with Gasteiger partial charge in [-0.25, -0.2) is 8.42 Å². The van der Waals surface area contributed by atoms with E-state index in [4.69, 9.17) is 4.74 Å². The summed E-state index contributed by atoms with van der Waals surface area (Å²) in [6.45, 7) is 5.83. The lowest BCUT2D eigenvalue weighted by Gasteiger charge is -2.16. The molecule has 162 valence electrons. The third-order valence-electron chi connectivity index (χ3n) is 4.70. The van der Waals surface area contributed by atoms with E-state index in [1.54, 1.807) is 49.4 Å². The van der Waals surface area contributed by atoms with Gasteiger partial charge in [-0.05, 0) is 62.7 Å². The number of para-hydroxylation sites is 1. The third-order valence-corrected chi connectivity index (χ3v) is 6.08. The minimum absolute atomic E-state index is 0.166. The van der Waals surface area contributed by atoms with Crippen LogP contribution in [0.25, 0.3) is 0 Å². The Morgan fingerprint density at radius 1 is 0.968 bits per heavy atom. The Kier molecular flexibility index (Phi) is 6.97. The molecule has 0 radical (unpaired) electrons. The number of benzene rings is 3. The zero-order valence-electron chi connectivity index (χ0n) is 17.8. The van der Waals surface area contributed by atoms with Gasteiger partial charge in [0.15, 0.2) is 0 Å². The first-order valence-electron chi connectivity index (χ1n) is 9.93. The van der Waals surface area contributed by atoms with Crippen LogP contribution in [-0.2, 0) is 10.0 Å². The van der Waals surface area contributed by atoms with Crippen molar-refractivity contribution in [1.82, 2.24) is 5.32 Å². The minimum Gasteiger partial charge on any atom is -0.491 e. The number of aryl methyl sites for hydroxylation is 2. The van der Waals surface area contributed by atoms with Crippen LogP contribution in [0.1, 0.15) is 28.4 Å². The van der Waals surface area contributed by atoms with Crippen LogP contribution in [0, 0.1) is 13.8 Å². The van der Waals surface area contributed by atoms with Gasteiger partial charge in [0, 0.05) is 5.56 Å². The number of hydrogen-bond acceptors (Lipinski definition) is 4. The van der Waals surface area contributed by atoms with Crippen LogP contribution in [0.15, 0.2) is 77.7 Å². The van der Waals surface area contributed by atoms with Crippen molar-refractivity contribution in [1.29, 1.82) is 0 Å². The van der Waals surface area contributed by atoms with Crippen LogP contribution in [-0.4, -0.2) is 27.0 Å². The van der Waals surface area contributed by atoms with E-state index in [2.05, 4.69) is 10.0 Å². The predicted molar refractivity (Wildman–Crippen MR) is 122 cm³/mol. The Balaban J connectivity index is 1.68. The maximum atomic E-state index is 12.7. The summed E-state index contributed by atoms with van der Waals surface area (Å²) in [4.78, 5) is 12.8. The lowest BCUT2D eigenvalue weighted by atomic mass is 10.1. The highest BCUT2D eigenvalue weighted by molar-refractivity contribution is 7.92. The molecule has 3 aromatic carbocycles. The van der Waals surface area contributed by atoms with Gasteiger partial charge in [0.1, 0.15) is 12.4 Å². The summed E-state index contributed by atoms with van der Waals surface area (Å²) in [5.74, 6) is 0.423. The highest BCUT2D eigenvalue weighted by atomic mass is 32.2. The number of hydrogen-bond donors (Lipinski definition) is 2. The molecule has 2 N–H and O–H groups in total. The number of rotatable bonds is 8. The van der Waals surface area contributed by atoms with Gasteiger partial charge in [-0.15, -0.1) is 0 Å². The molecule has 0 saturated heterocycles. The molecule has 31 heavy (non-hydrogen) atoms. The quantitative estimate of drug-likeness (QED) is 0.549. The summed E-state index contributed by atoms with van der Waals surface area (Å²) in [5, 5.41) is 2.87. The van der Waals surface area contributed by atoms with Gasteiger partial charge in [-0.2, -0.15) is 0 Å². The van der Waals surface area contributed by atoms with E-state index in [-0.39, 0.29) is 16.8 Å². The van der Waals surface area contributed by atoms with Crippen LogP contribution in [0.5, 0.6) is 5.75 Å². The van der Waals surface area contributed by atoms with Crippen molar-refractivity contribution in [3.05, 3.63) is 89.5 Å². The van der Waals surface area contributed by atoms with Crippen LogP contribution in [0.3, 0.4) is 0 Å². The van der Waals surface area contributed by atoms with E-state index >= 15 is 0 Å². The molecule has 7 heteroatoms. The van der Waals surface area contributed by atoms with Crippen LogP contribution in [0.2, 0.25) is 0 Å². The number of amides is 1. The second-order valence-electron chi connectivity index (χ2n) is 7.45. The van der Waals surface area contributed by atoms with E-state index in [0.717, 1.165) is 11.3 Å². The van der Waals surface area contributed by atoms with Gasteiger partial charge in [0.2, 0.25) is 0 Å². The van der Waals surface area contributed by atoms with Crippen LogP contribution < -0.4 is 14.8 Å². The summed E-state index contributed by atoms with van der Waals surface area (Å²) in [6, 6.07) is 20.6. The van der Waals surface area contributed by atoms with Gasteiger partial charge in [0.05, 0.1) is 16.6 Å². The lowest BCUT2D eigenvalue weighted by Crippen LogP contribution is -2.36. The first-order chi connectivity index (χ1) is 14.7. The SMILES string of the molecule is Cc1ccc(S(=O)(=O)Nc2cc(C(=O)N[C@H](C)COc3ccccc3)ccc2C)cc1. The maximum absolute atomic E-state index is 12.7. The molecule has 0 aliphatic rings. The van der Waals surface area contributed by atoms with Gasteiger partial charge < -0.3 is 10.1 Å². The van der Waals surface area contributed by atoms with Crippen molar-refractivity contribution in [2.45, 2.75) is 31.7 Å². The van der Waals surface area contributed by atoms with Crippen LogP contribution >= 0.6 is 0 Å². The number of nitrogens with one attached hydrogen (secondary N) is 2. The number of carbonyl (C=O) groups excluding carboxylic acids is 1. The monoisotopic (exact) mass is 438 g/mol. The molecule has 0 unspecified atom stereocenters. The maximum Gasteiger partial charge on any atom is 0.261 e. The molecule has 6 nitrogen and oxygen atoms in total. The second-order valence-corrected chi connectivity index (χ2v) is 9.13. The average molecular weight is 439 g/mol. The Labute approximate surface area is 183 Å². The van der Waals surface area contributed by atoms with Gasteiger partial charge >= 0.3 is 0 Å². The third kappa shape index (κ3) is 6.08. The molecule has 1 atom stereocenters. The Hall–Kier alpha value is -3.32. The molecule has 3 rings (SSSR count). The fourth-order valence-corrected chi connectivity index (χ4v) is 4.00. The zero-order valence-corrected chi connectivity index (χ0v) is 18.6. The normalized spacial score (nSPS) is 12.1. The molecular formula is C24H26N2O4S. The van der Waals surface area contributed by atoms with Crippen molar-refractivity contribution >= 4 is 21.6 Å². The Morgan fingerprint density at radius 2 is 1.65 bits per heavy atom. The van der Waals surface area contributed by atoms with Crippen molar-refractivity contribution < 1.29 is 17.9 Å². The molecule has 0 fully saturated rings. The smallest absolute Gasteiger partial charge is 0.261 e. The molecule has 0 heterocycles. The van der Waals surface area contributed by atoms with Crippen molar-refractivity contribution in [2.75, 3.05) is 11.3 Å². The number of ether oxygens (including phenoxy) is 1. The topological polar surface area (TPSA) is 84.5 Å². The first-order valence-corrected chi connectivity index (χ1v) is 11.4. The molecule has 0 aliphatic carbocycles. The Bertz CT molecular complexity index is 1140. The predicted octanol–water partition coefficient (Wildman–Crippen LogP) is 4.30. The first kappa shape index (κ1) is 22.4. The average Bonchev–Trinajstić information content (AvgIpc) is 2.74. The van der Waals surface area contributed by atoms with E-state index < -0.39 is 10.0 Å². The number of carbonyl (C=O) groups is 1. The van der Waals surface area contributed by atoms with Gasteiger partial charge in [-0.3, -0.25) is 9.52 Å². The van der Waals surface area contributed by atoms with Crippen LogP contribution in [0.4, 0.5) is 5.69 Å². The summed E-state index contributed by atoms with van der Waals surface area (Å²) in [7, 11) is -3.76. The fourth-order valence-electron chi connectivity index (χ4n) is 2.88.